The minimum Gasteiger partial charge on any atom is -0.473 e. The third-order valence-electron chi connectivity index (χ3n) is 6.51. The van der Waals surface area contributed by atoms with Crippen LogP contribution < -0.4 is 15.0 Å². The molecule has 6 nitrogen and oxygen atoms in total. The summed E-state index contributed by atoms with van der Waals surface area (Å²) in [6.45, 7) is 0.774. The molecular weight excluding hydrogens is 507 g/mol. The molecule has 11 heteroatoms. The van der Waals surface area contributed by atoms with Crippen LogP contribution in [0, 0.1) is 0 Å². The molecule has 0 saturated heterocycles. The van der Waals surface area contributed by atoms with Crippen LogP contribution in [0.15, 0.2) is 42.9 Å². The smallest absolute Gasteiger partial charge is 0.393 e. The van der Waals surface area contributed by atoms with E-state index in [0.29, 0.717) is 27.3 Å². The first kappa shape index (κ1) is 24.9. The van der Waals surface area contributed by atoms with Gasteiger partial charge in [-0.15, -0.1) is 11.3 Å². The van der Waals surface area contributed by atoms with Crippen LogP contribution in [0.1, 0.15) is 29.7 Å². The van der Waals surface area contributed by atoms with Crippen LogP contribution in [-0.2, 0) is 13.0 Å². The molecule has 1 aromatic carbocycles. The van der Waals surface area contributed by atoms with Crippen molar-refractivity contribution >= 4 is 38.7 Å². The number of methoxy groups -OCH3 is 1. The van der Waals surface area contributed by atoms with E-state index in [-0.39, 0.29) is 10.9 Å². The van der Waals surface area contributed by atoms with Gasteiger partial charge in [0.05, 0.1) is 23.8 Å². The van der Waals surface area contributed by atoms with E-state index in [1.807, 2.05) is 13.2 Å². The number of ether oxygens (including phenoxy) is 1. The van der Waals surface area contributed by atoms with Gasteiger partial charge in [0.2, 0.25) is 0 Å². The van der Waals surface area contributed by atoms with Crippen LogP contribution in [0.3, 0.4) is 0 Å². The second kappa shape index (κ2) is 10.3. The number of benzene rings is 1. The molecule has 5 rings (SSSR count). The normalized spacial score (nSPS) is 18.1. The third-order valence-corrected chi connectivity index (χ3v) is 8.56. The van der Waals surface area contributed by atoms with Crippen molar-refractivity contribution in [2.75, 3.05) is 19.1 Å². The Kier molecular flexibility index (Phi) is 7.14. The minimum absolute atomic E-state index is 0.259. The van der Waals surface area contributed by atoms with Gasteiger partial charge in [-0.1, -0.05) is 35.6 Å². The van der Waals surface area contributed by atoms with E-state index in [4.69, 9.17) is 4.74 Å². The molecule has 0 aliphatic heterocycles. The maximum atomic E-state index is 12.9. The molecule has 1 aliphatic rings. The number of hydrogen-bond donors (Lipinski definition) is 1. The second-order valence-corrected chi connectivity index (χ2v) is 11.1. The molecule has 1 fully saturated rings. The maximum absolute atomic E-state index is 12.9. The van der Waals surface area contributed by atoms with Gasteiger partial charge in [-0.25, -0.2) is 15.0 Å². The summed E-state index contributed by atoms with van der Waals surface area (Å²) in [6, 6.07) is 10.7. The monoisotopic (exact) mass is 533 g/mol. The number of nitrogens with zero attached hydrogens (tertiary/aromatic N) is 4. The standard InChI is InChI=1S/C25H26F3N5OS2/c1-33(22-20-10-19(11-25(26,27)28)35-23(20)32-14-31-22)18-8-7-17(9-18)29-12-15-3-5-16(6-4-15)21-13-30-24(34-2)36-21/h3-6,10,13-14,17-18,29H,7-9,11-12H2,1-2H3. The first-order chi connectivity index (χ1) is 17.3. The van der Waals surface area contributed by atoms with Gasteiger partial charge in [-0.05, 0) is 36.5 Å². The largest absolute Gasteiger partial charge is 0.473 e. The lowest BCUT2D eigenvalue weighted by molar-refractivity contribution is -0.126. The van der Waals surface area contributed by atoms with Crippen molar-refractivity contribution in [2.24, 2.45) is 0 Å². The van der Waals surface area contributed by atoms with Crippen LogP contribution in [0.2, 0.25) is 0 Å². The first-order valence-corrected chi connectivity index (χ1v) is 13.3. The fourth-order valence-electron chi connectivity index (χ4n) is 4.66. The minimum atomic E-state index is -4.24. The fourth-order valence-corrected chi connectivity index (χ4v) is 6.42. The highest BCUT2D eigenvalue weighted by atomic mass is 32.1. The van der Waals surface area contributed by atoms with Crippen LogP contribution in [0.5, 0.6) is 5.19 Å². The van der Waals surface area contributed by atoms with Crippen molar-refractivity contribution in [1.82, 2.24) is 20.3 Å². The van der Waals surface area contributed by atoms with Gasteiger partial charge in [-0.3, -0.25) is 0 Å². The molecule has 0 amide bonds. The lowest BCUT2D eigenvalue weighted by atomic mass is 10.1. The van der Waals surface area contributed by atoms with E-state index >= 15 is 0 Å². The number of thiazole rings is 1. The predicted molar refractivity (Wildman–Crippen MR) is 138 cm³/mol. The van der Waals surface area contributed by atoms with E-state index in [1.54, 1.807) is 13.2 Å². The van der Waals surface area contributed by atoms with Crippen LogP contribution >= 0.6 is 22.7 Å². The highest BCUT2D eigenvalue weighted by molar-refractivity contribution is 7.18. The Labute approximate surface area is 215 Å². The first-order valence-electron chi connectivity index (χ1n) is 11.6. The van der Waals surface area contributed by atoms with Crippen molar-refractivity contribution in [3.63, 3.8) is 0 Å². The summed E-state index contributed by atoms with van der Waals surface area (Å²) in [7, 11) is 3.59. The SMILES string of the molecule is COc1ncc(-c2ccc(CNC3CCC(N(C)c4ncnc5sc(CC(F)(F)F)cc45)C3)cc2)s1. The molecule has 36 heavy (non-hydrogen) atoms. The highest BCUT2D eigenvalue weighted by Crippen LogP contribution is 2.36. The average Bonchev–Trinajstić information content (AvgIpc) is 3.60. The Morgan fingerprint density at radius 3 is 2.64 bits per heavy atom. The zero-order valence-corrected chi connectivity index (χ0v) is 21.5. The Morgan fingerprint density at radius 1 is 1.11 bits per heavy atom. The summed E-state index contributed by atoms with van der Waals surface area (Å²) in [5.74, 6) is 0.700. The van der Waals surface area contributed by atoms with E-state index in [0.717, 1.165) is 47.6 Å². The molecule has 1 saturated carbocycles. The van der Waals surface area contributed by atoms with Gasteiger partial charge >= 0.3 is 6.18 Å². The number of halogens is 3. The molecule has 0 spiro atoms. The van der Waals surface area contributed by atoms with Crippen LogP contribution in [0.25, 0.3) is 20.7 Å². The molecule has 0 radical (unpaired) electrons. The van der Waals surface area contributed by atoms with Gasteiger partial charge in [0, 0.05) is 36.8 Å². The summed E-state index contributed by atoms with van der Waals surface area (Å²) in [6.07, 6.45) is 1.06. The van der Waals surface area contributed by atoms with Crippen molar-refractivity contribution in [3.8, 4) is 15.6 Å². The summed E-state index contributed by atoms with van der Waals surface area (Å²) < 4.78 is 43.8. The molecule has 3 aromatic heterocycles. The van der Waals surface area contributed by atoms with Crippen molar-refractivity contribution in [1.29, 1.82) is 0 Å². The molecule has 3 heterocycles. The molecular formula is C25H26F3N5OS2. The van der Waals surface area contributed by atoms with Crippen molar-refractivity contribution in [3.05, 3.63) is 53.3 Å². The summed E-state index contributed by atoms with van der Waals surface area (Å²) in [5.41, 5.74) is 2.32. The number of alkyl halides is 3. The van der Waals surface area contributed by atoms with Gasteiger partial charge in [-0.2, -0.15) is 13.2 Å². The number of thiophene rings is 1. The Morgan fingerprint density at radius 2 is 1.92 bits per heavy atom. The topological polar surface area (TPSA) is 63.2 Å². The lowest BCUT2D eigenvalue weighted by Crippen LogP contribution is -2.33. The Balaban J connectivity index is 1.19. The van der Waals surface area contributed by atoms with Gasteiger partial charge in [0.1, 0.15) is 17.0 Å². The zero-order chi connectivity index (χ0) is 25.3. The highest BCUT2D eigenvalue weighted by Gasteiger charge is 2.31. The van der Waals surface area contributed by atoms with Crippen LogP contribution in [-0.4, -0.2) is 47.4 Å². The summed E-state index contributed by atoms with van der Waals surface area (Å²) in [4.78, 5) is 16.9. The molecule has 1 N–H and O–H groups in total. The number of aromatic nitrogens is 3. The number of hydrogen-bond acceptors (Lipinski definition) is 8. The fraction of sp³-hybridized carbons (Fsp3) is 0.400. The summed E-state index contributed by atoms with van der Waals surface area (Å²) >= 11 is 2.61. The quantitative estimate of drug-likeness (QED) is 0.296. The average molecular weight is 534 g/mol. The van der Waals surface area contributed by atoms with E-state index in [9.17, 15) is 13.2 Å². The van der Waals surface area contributed by atoms with Crippen molar-refractivity contribution < 1.29 is 17.9 Å². The molecule has 1 aliphatic carbocycles. The molecule has 2 atom stereocenters. The number of fused-ring (bicyclic) bond motifs is 1. The Bertz CT molecular complexity index is 1320. The number of nitrogens with one attached hydrogen (secondary N) is 1. The second-order valence-electron chi connectivity index (χ2n) is 8.97. The van der Waals surface area contributed by atoms with Gasteiger partial charge in [0.15, 0.2) is 0 Å². The van der Waals surface area contributed by atoms with Gasteiger partial charge < -0.3 is 15.0 Å². The molecule has 2 unspecified atom stereocenters. The summed E-state index contributed by atoms with van der Waals surface area (Å²) in [5, 5.41) is 5.01. The Hall–Kier alpha value is -2.76. The van der Waals surface area contributed by atoms with E-state index < -0.39 is 12.6 Å². The molecule has 4 aromatic rings. The number of anilines is 1. The lowest BCUT2D eigenvalue weighted by Gasteiger charge is -2.26. The zero-order valence-electron chi connectivity index (χ0n) is 19.9. The molecule has 0 bridgehead atoms. The molecule has 190 valence electrons. The van der Waals surface area contributed by atoms with Crippen LogP contribution in [0.4, 0.5) is 19.0 Å². The van der Waals surface area contributed by atoms with Crippen molar-refractivity contribution in [2.45, 2.75) is 50.5 Å². The van der Waals surface area contributed by atoms with E-state index in [1.165, 1.54) is 23.2 Å². The third kappa shape index (κ3) is 5.63. The number of rotatable bonds is 8. The van der Waals surface area contributed by atoms with Gasteiger partial charge in [0.25, 0.3) is 5.19 Å². The van der Waals surface area contributed by atoms with E-state index in [2.05, 4.69) is 49.4 Å². The maximum Gasteiger partial charge on any atom is 0.393 e. The predicted octanol–water partition coefficient (Wildman–Crippen LogP) is 6.08.